The highest BCUT2D eigenvalue weighted by Crippen LogP contribution is 2.10. The van der Waals surface area contributed by atoms with Gasteiger partial charge in [0.05, 0.1) is 6.10 Å². The molecule has 0 amide bonds. The van der Waals surface area contributed by atoms with Crippen LogP contribution in [0.2, 0.25) is 0 Å². The number of aromatic nitrogens is 3. The van der Waals surface area contributed by atoms with Crippen molar-refractivity contribution in [2.45, 2.75) is 46.8 Å². The maximum absolute atomic E-state index is 5.79. The number of rotatable bonds is 9. The smallest absolute Gasteiger partial charge is 0.191 e. The van der Waals surface area contributed by atoms with Crippen LogP contribution in [-0.4, -0.2) is 46.4 Å². The van der Waals surface area contributed by atoms with E-state index >= 15 is 0 Å². The van der Waals surface area contributed by atoms with Crippen LogP contribution in [0, 0.1) is 5.92 Å². The summed E-state index contributed by atoms with van der Waals surface area (Å²) in [5, 5.41) is 15.0. The van der Waals surface area contributed by atoms with E-state index in [1.54, 1.807) is 0 Å². The van der Waals surface area contributed by atoms with Gasteiger partial charge in [0.15, 0.2) is 17.4 Å². The Bertz CT molecular complexity index is 672. The first-order chi connectivity index (χ1) is 12.2. The van der Waals surface area contributed by atoms with Crippen molar-refractivity contribution in [1.29, 1.82) is 0 Å². The number of aliphatic imine (C=N–C) groups is 1. The molecule has 146 valence electrons. The Morgan fingerprint density at radius 2 is 2.04 bits per heavy atom. The number of hydrogen-bond donors (Lipinski definition) is 2. The van der Waals surface area contributed by atoms with E-state index in [0.29, 0.717) is 12.5 Å². The Hall–Kier alpha value is -1.42. The lowest BCUT2D eigenvalue weighted by Gasteiger charge is -2.21. The highest BCUT2D eigenvalue weighted by molar-refractivity contribution is 14.0. The summed E-state index contributed by atoms with van der Waals surface area (Å²) < 4.78 is 7.75. The predicted octanol–water partition coefficient (Wildman–Crippen LogP) is 2.85. The predicted molar refractivity (Wildman–Crippen MR) is 116 cm³/mol. The molecule has 2 aromatic heterocycles. The van der Waals surface area contributed by atoms with Crippen molar-refractivity contribution in [2.75, 3.05) is 19.7 Å². The zero-order valence-corrected chi connectivity index (χ0v) is 18.4. The Morgan fingerprint density at radius 3 is 2.73 bits per heavy atom. The van der Waals surface area contributed by atoms with Crippen LogP contribution >= 0.6 is 24.0 Å². The minimum atomic E-state index is 0. The summed E-state index contributed by atoms with van der Waals surface area (Å²) >= 11 is 0. The van der Waals surface area contributed by atoms with Gasteiger partial charge >= 0.3 is 0 Å². The molecule has 0 bridgehead atoms. The molecule has 26 heavy (non-hydrogen) atoms. The molecule has 0 aliphatic rings. The van der Waals surface area contributed by atoms with E-state index in [-0.39, 0.29) is 30.1 Å². The Morgan fingerprint density at radius 1 is 1.23 bits per heavy atom. The molecule has 2 heterocycles. The molecule has 0 saturated heterocycles. The van der Waals surface area contributed by atoms with Gasteiger partial charge in [0.25, 0.3) is 0 Å². The van der Waals surface area contributed by atoms with Crippen LogP contribution in [0.15, 0.2) is 29.4 Å². The third kappa shape index (κ3) is 6.71. The summed E-state index contributed by atoms with van der Waals surface area (Å²) in [5.41, 5.74) is 0.835. The van der Waals surface area contributed by atoms with E-state index in [2.05, 4.69) is 46.6 Å². The van der Waals surface area contributed by atoms with Crippen LogP contribution in [0.1, 0.15) is 39.9 Å². The lowest BCUT2D eigenvalue weighted by molar-refractivity contribution is 0.0258. The van der Waals surface area contributed by atoms with Crippen LogP contribution in [0.5, 0.6) is 0 Å². The molecular formula is C18H31IN6O. The van der Waals surface area contributed by atoms with Crippen molar-refractivity contribution in [2.24, 2.45) is 10.9 Å². The fourth-order valence-corrected chi connectivity index (χ4v) is 2.65. The number of hydrogen-bond acceptors (Lipinski definition) is 4. The summed E-state index contributed by atoms with van der Waals surface area (Å²) in [6.45, 7) is 11.3. The summed E-state index contributed by atoms with van der Waals surface area (Å²) in [6.07, 6.45) is 3.17. The number of halogens is 1. The number of pyridine rings is 1. The van der Waals surface area contributed by atoms with Gasteiger partial charge in [-0.3, -0.25) is 4.40 Å². The highest BCUT2D eigenvalue weighted by atomic mass is 127. The molecule has 0 fully saturated rings. The topological polar surface area (TPSA) is 75.8 Å². The third-order valence-corrected chi connectivity index (χ3v) is 3.95. The molecule has 1 unspecified atom stereocenters. The largest absolute Gasteiger partial charge is 0.378 e. The molecule has 0 saturated carbocycles. The molecule has 1 atom stereocenters. The number of nitrogens with one attached hydrogen (secondary N) is 2. The van der Waals surface area contributed by atoms with Gasteiger partial charge in [-0.25, -0.2) is 4.99 Å². The van der Waals surface area contributed by atoms with Crippen molar-refractivity contribution in [3.05, 3.63) is 30.2 Å². The van der Waals surface area contributed by atoms with Crippen LogP contribution < -0.4 is 10.6 Å². The van der Waals surface area contributed by atoms with Gasteiger partial charge in [0.2, 0.25) is 0 Å². The Labute approximate surface area is 173 Å². The van der Waals surface area contributed by atoms with Crippen molar-refractivity contribution < 1.29 is 4.74 Å². The standard InChI is InChI=1S/C18H30N6O.HI/c1-5-19-18(20-11-10-15(14(3)4)25-6-2)21-13-17-23-22-16-9-7-8-12-24(16)17;/h7-9,12,14-15H,5-6,10-11,13H2,1-4H3,(H2,19,20,21);1H. The van der Waals surface area contributed by atoms with Gasteiger partial charge in [-0.15, -0.1) is 34.2 Å². The zero-order valence-electron chi connectivity index (χ0n) is 16.1. The normalized spacial score (nSPS) is 12.9. The van der Waals surface area contributed by atoms with E-state index in [9.17, 15) is 0 Å². The van der Waals surface area contributed by atoms with Crippen LogP contribution in [0.3, 0.4) is 0 Å². The Balaban J connectivity index is 0.00000338. The van der Waals surface area contributed by atoms with Gasteiger partial charge in [-0.1, -0.05) is 19.9 Å². The van der Waals surface area contributed by atoms with Crippen molar-refractivity contribution in [1.82, 2.24) is 25.2 Å². The van der Waals surface area contributed by atoms with Crippen LogP contribution in [0.25, 0.3) is 5.65 Å². The van der Waals surface area contributed by atoms with E-state index in [1.165, 1.54) is 0 Å². The quantitative estimate of drug-likeness (QED) is 0.332. The Kier molecular flexibility index (Phi) is 10.5. The van der Waals surface area contributed by atoms with E-state index in [0.717, 1.165) is 43.5 Å². The fourth-order valence-electron chi connectivity index (χ4n) is 2.65. The van der Waals surface area contributed by atoms with Crippen molar-refractivity contribution in [3.63, 3.8) is 0 Å². The summed E-state index contributed by atoms with van der Waals surface area (Å²) in [4.78, 5) is 4.62. The average Bonchev–Trinajstić information content (AvgIpc) is 3.02. The second kappa shape index (κ2) is 12.1. The second-order valence-corrected chi connectivity index (χ2v) is 6.19. The molecule has 7 nitrogen and oxygen atoms in total. The second-order valence-electron chi connectivity index (χ2n) is 6.19. The summed E-state index contributed by atoms with van der Waals surface area (Å²) in [5.74, 6) is 2.11. The first kappa shape index (κ1) is 22.6. The number of fused-ring (bicyclic) bond motifs is 1. The minimum absolute atomic E-state index is 0. The van der Waals surface area contributed by atoms with Crippen molar-refractivity contribution in [3.8, 4) is 0 Å². The number of ether oxygens (including phenoxy) is 1. The summed E-state index contributed by atoms with van der Waals surface area (Å²) in [7, 11) is 0. The molecule has 2 rings (SSSR count). The first-order valence-electron chi connectivity index (χ1n) is 9.08. The van der Waals surface area contributed by atoms with Gasteiger partial charge in [0, 0.05) is 25.9 Å². The van der Waals surface area contributed by atoms with Gasteiger partial charge in [0.1, 0.15) is 6.54 Å². The lowest BCUT2D eigenvalue weighted by Crippen LogP contribution is -2.39. The minimum Gasteiger partial charge on any atom is -0.378 e. The average molecular weight is 474 g/mol. The van der Waals surface area contributed by atoms with Crippen LogP contribution in [0.4, 0.5) is 0 Å². The van der Waals surface area contributed by atoms with Gasteiger partial charge in [-0.2, -0.15) is 0 Å². The SMILES string of the molecule is CCNC(=NCc1nnc2ccccn12)NCCC(OCC)C(C)C.I. The van der Waals surface area contributed by atoms with E-state index in [4.69, 9.17) is 4.74 Å². The maximum atomic E-state index is 5.79. The van der Waals surface area contributed by atoms with E-state index in [1.807, 2.05) is 35.7 Å². The molecule has 0 aromatic carbocycles. The third-order valence-electron chi connectivity index (χ3n) is 3.95. The zero-order chi connectivity index (χ0) is 18.1. The molecule has 2 aromatic rings. The highest BCUT2D eigenvalue weighted by Gasteiger charge is 2.13. The number of guanidine groups is 1. The molecule has 2 N–H and O–H groups in total. The van der Waals surface area contributed by atoms with Gasteiger partial charge < -0.3 is 15.4 Å². The molecule has 0 aliphatic heterocycles. The van der Waals surface area contributed by atoms with Crippen LogP contribution in [-0.2, 0) is 11.3 Å². The fraction of sp³-hybridized carbons (Fsp3) is 0.611. The first-order valence-corrected chi connectivity index (χ1v) is 9.08. The number of nitrogens with zero attached hydrogens (tertiary/aromatic N) is 4. The monoisotopic (exact) mass is 474 g/mol. The molecular weight excluding hydrogens is 443 g/mol. The van der Waals surface area contributed by atoms with Crippen molar-refractivity contribution >= 4 is 35.6 Å². The molecule has 0 radical (unpaired) electrons. The van der Waals surface area contributed by atoms with E-state index < -0.39 is 0 Å². The van der Waals surface area contributed by atoms with Gasteiger partial charge in [-0.05, 0) is 38.3 Å². The molecule has 0 aliphatic carbocycles. The molecule has 0 spiro atoms. The maximum Gasteiger partial charge on any atom is 0.191 e. The molecule has 8 heteroatoms. The lowest BCUT2D eigenvalue weighted by atomic mass is 10.0. The summed E-state index contributed by atoms with van der Waals surface area (Å²) in [6, 6.07) is 5.85.